The predicted octanol–water partition coefficient (Wildman–Crippen LogP) is 3.58. The zero-order valence-corrected chi connectivity index (χ0v) is 19.0. The molecule has 0 radical (unpaired) electrons. The van der Waals surface area contributed by atoms with E-state index in [1.54, 1.807) is 11.8 Å². The number of carboxylic acid groups (broad SMARTS) is 1. The van der Waals surface area contributed by atoms with E-state index in [2.05, 4.69) is 33.9 Å². The summed E-state index contributed by atoms with van der Waals surface area (Å²) in [6.07, 6.45) is 0.916. The average Bonchev–Trinajstić information content (AvgIpc) is 2.85. The molecule has 1 heterocycles. The molecule has 5 nitrogen and oxygen atoms in total. The first-order chi connectivity index (χ1) is 12.8. The van der Waals surface area contributed by atoms with Crippen LogP contribution in [0, 0.1) is 11.3 Å². The molecule has 0 saturated carbocycles. The molecule has 28 heavy (non-hydrogen) atoms. The number of aliphatic hydroxyl groups excluding tert-OH is 1. The summed E-state index contributed by atoms with van der Waals surface area (Å²) in [6.45, 7) is 12.9. The zero-order chi connectivity index (χ0) is 21.3. The van der Waals surface area contributed by atoms with E-state index < -0.39 is 31.1 Å². The van der Waals surface area contributed by atoms with Crippen molar-refractivity contribution in [3.63, 3.8) is 0 Å². The highest BCUT2D eigenvalue weighted by Crippen LogP contribution is 2.44. The summed E-state index contributed by atoms with van der Waals surface area (Å²) in [5.41, 5.74) is -0.678. The molecule has 0 bridgehead atoms. The highest BCUT2D eigenvalue weighted by Gasteiger charge is 2.56. The summed E-state index contributed by atoms with van der Waals surface area (Å²) in [7, 11) is -2.10. The van der Waals surface area contributed by atoms with Crippen LogP contribution in [0.15, 0.2) is 30.3 Å². The first-order valence-electron chi connectivity index (χ1n) is 10.0. The maximum absolute atomic E-state index is 13.1. The van der Waals surface area contributed by atoms with Gasteiger partial charge in [0, 0.05) is 18.8 Å². The molecule has 0 aliphatic carbocycles. The van der Waals surface area contributed by atoms with Gasteiger partial charge in [0.15, 0.2) is 0 Å². The van der Waals surface area contributed by atoms with Crippen LogP contribution in [-0.4, -0.2) is 53.9 Å². The second kappa shape index (κ2) is 7.99. The minimum Gasteiger partial charge on any atom is -0.481 e. The van der Waals surface area contributed by atoms with Gasteiger partial charge in [0.05, 0.1) is 19.4 Å². The third kappa shape index (κ3) is 4.33. The van der Waals surface area contributed by atoms with Gasteiger partial charge in [-0.2, -0.15) is 0 Å². The van der Waals surface area contributed by atoms with Crippen molar-refractivity contribution in [2.24, 2.45) is 11.3 Å². The van der Waals surface area contributed by atoms with Crippen molar-refractivity contribution < 1.29 is 19.8 Å². The van der Waals surface area contributed by atoms with Crippen LogP contribution in [0.5, 0.6) is 0 Å². The smallest absolute Gasteiger partial charge is 0.311 e. The van der Waals surface area contributed by atoms with Crippen molar-refractivity contribution in [3.05, 3.63) is 35.9 Å². The molecule has 1 aliphatic heterocycles. The number of aliphatic carboxylic acids is 1. The molecule has 1 fully saturated rings. The van der Waals surface area contributed by atoms with Gasteiger partial charge in [-0.1, -0.05) is 64.2 Å². The fourth-order valence-corrected chi connectivity index (χ4v) is 5.60. The number of rotatable bonds is 7. The van der Waals surface area contributed by atoms with Gasteiger partial charge in [-0.05, 0) is 30.4 Å². The van der Waals surface area contributed by atoms with Crippen LogP contribution in [0.2, 0.25) is 18.1 Å². The lowest BCUT2D eigenvalue weighted by Crippen LogP contribution is -2.51. The second-order valence-electron chi connectivity index (χ2n) is 9.99. The fourth-order valence-electron chi connectivity index (χ4n) is 3.77. The molecule has 3 atom stereocenters. The van der Waals surface area contributed by atoms with Gasteiger partial charge in [-0.15, -0.1) is 0 Å². The van der Waals surface area contributed by atoms with Crippen molar-refractivity contribution in [3.8, 4) is 0 Å². The van der Waals surface area contributed by atoms with Crippen LogP contribution >= 0.6 is 0 Å². The molecule has 156 valence electrons. The lowest BCUT2D eigenvalue weighted by Gasteiger charge is -2.42. The van der Waals surface area contributed by atoms with E-state index in [0.29, 0.717) is 13.0 Å². The van der Waals surface area contributed by atoms with Gasteiger partial charge in [-0.25, -0.2) is 0 Å². The van der Waals surface area contributed by atoms with Gasteiger partial charge < -0.3 is 15.1 Å². The number of aliphatic hydroxyl groups is 1. The van der Waals surface area contributed by atoms with Crippen LogP contribution < -0.4 is 0 Å². The van der Waals surface area contributed by atoms with Crippen LogP contribution in [0.3, 0.4) is 0 Å². The largest absolute Gasteiger partial charge is 0.481 e. The Morgan fingerprint density at radius 3 is 2.36 bits per heavy atom. The number of carbonyl (C=O) groups is 2. The lowest BCUT2D eigenvalue weighted by atomic mass is 9.78. The van der Waals surface area contributed by atoms with Crippen LogP contribution in [-0.2, 0) is 16.0 Å². The Kier molecular flexibility index (Phi) is 6.46. The number of carboxylic acids is 1. The number of hydrogen-bond acceptors (Lipinski definition) is 3. The van der Waals surface area contributed by atoms with Gasteiger partial charge in [-0.3, -0.25) is 9.59 Å². The van der Waals surface area contributed by atoms with Crippen LogP contribution in [0.4, 0.5) is 0 Å². The van der Waals surface area contributed by atoms with E-state index in [0.717, 1.165) is 5.56 Å². The first kappa shape index (κ1) is 22.6. The summed E-state index contributed by atoms with van der Waals surface area (Å²) < 4.78 is 0. The molecule has 2 N–H and O–H groups in total. The third-order valence-corrected chi connectivity index (χ3v) is 12.9. The number of likely N-dealkylation sites (tertiary alicyclic amines) is 1. The summed E-state index contributed by atoms with van der Waals surface area (Å²) in [5.74, 6) is -1.79. The fraction of sp³-hybridized carbons (Fsp3) is 0.636. The van der Waals surface area contributed by atoms with Gasteiger partial charge >= 0.3 is 5.97 Å². The van der Waals surface area contributed by atoms with Crippen LogP contribution in [0.25, 0.3) is 0 Å². The Balaban J connectivity index is 2.19. The van der Waals surface area contributed by atoms with Crippen molar-refractivity contribution in [2.45, 2.75) is 64.4 Å². The van der Waals surface area contributed by atoms with Gasteiger partial charge in [0.1, 0.15) is 0 Å². The van der Waals surface area contributed by atoms with Gasteiger partial charge in [0.2, 0.25) is 5.91 Å². The molecule has 2 rings (SSSR count). The van der Waals surface area contributed by atoms with Gasteiger partial charge in [0.25, 0.3) is 0 Å². The van der Waals surface area contributed by atoms with Crippen molar-refractivity contribution in [2.75, 3.05) is 13.1 Å². The molecule has 1 saturated heterocycles. The predicted molar refractivity (Wildman–Crippen MR) is 114 cm³/mol. The van der Waals surface area contributed by atoms with E-state index in [-0.39, 0.29) is 23.9 Å². The maximum atomic E-state index is 13.1. The normalized spacial score (nSPS) is 24.5. The minimum absolute atomic E-state index is 0.0410. The van der Waals surface area contributed by atoms with Crippen molar-refractivity contribution >= 4 is 20.0 Å². The second-order valence-corrected chi connectivity index (χ2v) is 15.6. The Labute approximate surface area is 169 Å². The highest BCUT2D eigenvalue weighted by atomic mass is 28.3. The quantitative estimate of drug-likeness (QED) is 0.680. The number of benzene rings is 1. The van der Waals surface area contributed by atoms with Crippen molar-refractivity contribution in [1.29, 1.82) is 0 Å². The van der Waals surface area contributed by atoms with E-state index >= 15 is 0 Å². The molecule has 2 unspecified atom stereocenters. The summed E-state index contributed by atoms with van der Waals surface area (Å²) >= 11 is 0. The number of nitrogens with zero attached hydrogens (tertiary/aromatic N) is 1. The van der Waals surface area contributed by atoms with E-state index in [4.69, 9.17) is 0 Å². The molecular formula is C22H35NO4Si. The molecule has 1 aromatic rings. The zero-order valence-electron chi connectivity index (χ0n) is 18.0. The third-order valence-electron chi connectivity index (χ3n) is 7.13. The molecule has 1 amide bonds. The summed E-state index contributed by atoms with van der Waals surface area (Å²) in [5, 5.41) is 20.8. The standard InChI is InChI=1S/C22H35NO4Si/c1-21(2,3)28(5,6)18(24)14-17-19(25)23(15-22(17,4)20(26)27)13-12-16-10-8-7-9-11-16/h7-11,17-18,24H,12-15H2,1-6H3,(H,26,27)/t17?,18?,22-/m1/s1. The first-order valence-corrected chi connectivity index (χ1v) is 13.1. The molecule has 1 aromatic carbocycles. The van der Waals surface area contributed by atoms with E-state index in [9.17, 15) is 19.8 Å². The monoisotopic (exact) mass is 405 g/mol. The molecular weight excluding hydrogens is 370 g/mol. The molecule has 1 aliphatic rings. The number of hydrogen-bond donors (Lipinski definition) is 2. The Morgan fingerprint density at radius 1 is 1.29 bits per heavy atom. The maximum Gasteiger partial charge on any atom is 0.311 e. The molecule has 0 aromatic heterocycles. The SMILES string of the molecule is CC(C)(C)[Si](C)(C)C(O)CC1C(=O)N(CCc2ccccc2)C[C@@]1(C)C(=O)O. The average molecular weight is 406 g/mol. The molecule has 0 spiro atoms. The summed E-state index contributed by atoms with van der Waals surface area (Å²) in [6, 6.07) is 9.89. The number of carbonyl (C=O) groups excluding carboxylic acids is 1. The molecule has 6 heteroatoms. The number of amides is 1. The van der Waals surface area contributed by atoms with E-state index in [1.807, 2.05) is 30.3 Å². The van der Waals surface area contributed by atoms with Crippen LogP contribution in [0.1, 0.15) is 39.7 Å². The Hall–Kier alpha value is -1.66. The minimum atomic E-state index is -2.10. The Bertz CT molecular complexity index is 713. The lowest BCUT2D eigenvalue weighted by molar-refractivity contribution is -0.151. The highest BCUT2D eigenvalue weighted by molar-refractivity contribution is 6.81. The Morgan fingerprint density at radius 2 is 1.86 bits per heavy atom. The van der Waals surface area contributed by atoms with Crippen molar-refractivity contribution in [1.82, 2.24) is 4.90 Å². The topological polar surface area (TPSA) is 77.8 Å². The summed E-state index contributed by atoms with van der Waals surface area (Å²) in [4.78, 5) is 26.9. The van der Waals surface area contributed by atoms with E-state index in [1.165, 1.54) is 0 Å².